The first kappa shape index (κ1) is 17.3. The molecule has 0 aliphatic carbocycles. The topological polar surface area (TPSA) is 46.4 Å². The van der Waals surface area contributed by atoms with Crippen LogP contribution in [0, 0.1) is 0 Å². The molecular formula is C22H25N5O. The van der Waals surface area contributed by atoms with Crippen LogP contribution in [0.4, 0.5) is 11.5 Å². The highest BCUT2D eigenvalue weighted by atomic mass is 16.5. The van der Waals surface area contributed by atoms with Gasteiger partial charge in [0.1, 0.15) is 5.82 Å². The molecule has 0 atom stereocenters. The molecule has 4 heterocycles. The van der Waals surface area contributed by atoms with Crippen molar-refractivity contribution in [2.24, 2.45) is 0 Å². The van der Waals surface area contributed by atoms with E-state index < -0.39 is 0 Å². The van der Waals surface area contributed by atoms with E-state index >= 15 is 0 Å². The monoisotopic (exact) mass is 375 g/mol. The van der Waals surface area contributed by atoms with Crippen LogP contribution in [0.2, 0.25) is 0 Å². The van der Waals surface area contributed by atoms with Gasteiger partial charge in [0, 0.05) is 37.9 Å². The number of aromatic nitrogens is 3. The highest BCUT2D eigenvalue weighted by Gasteiger charge is 2.18. The largest absolute Gasteiger partial charge is 0.378 e. The molecular weight excluding hydrogens is 350 g/mol. The van der Waals surface area contributed by atoms with Gasteiger partial charge in [-0.25, -0.2) is 9.67 Å². The third kappa shape index (κ3) is 3.24. The first-order chi connectivity index (χ1) is 13.9. The number of hydrogen-bond acceptors (Lipinski definition) is 5. The van der Waals surface area contributed by atoms with Crippen LogP contribution in [0.3, 0.4) is 0 Å². The van der Waals surface area contributed by atoms with Crippen LogP contribution >= 0.6 is 0 Å². The summed E-state index contributed by atoms with van der Waals surface area (Å²) in [5, 5.41) is 4.64. The predicted octanol–water partition coefficient (Wildman–Crippen LogP) is 3.37. The fraction of sp³-hybridized carbons (Fsp3) is 0.364. The van der Waals surface area contributed by atoms with Crippen LogP contribution in [-0.4, -0.2) is 54.2 Å². The second-order valence-corrected chi connectivity index (χ2v) is 7.32. The second kappa shape index (κ2) is 7.64. The maximum Gasteiger partial charge on any atom is 0.128 e. The maximum atomic E-state index is 5.52. The summed E-state index contributed by atoms with van der Waals surface area (Å²) in [4.78, 5) is 9.45. The van der Waals surface area contributed by atoms with Crippen LogP contribution < -0.4 is 9.80 Å². The summed E-state index contributed by atoms with van der Waals surface area (Å²) in [7, 11) is 0. The SMILES string of the molecule is c1ccc(-n2nccc2-c2ccc(N3CCCC3)nc2)c(N2CCOCC2)c1. The Labute approximate surface area is 165 Å². The molecule has 2 aliphatic rings. The van der Waals surface area contributed by atoms with Crippen LogP contribution in [0.25, 0.3) is 16.9 Å². The third-order valence-electron chi connectivity index (χ3n) is 5.58. The van der Waals surface area contributed by atoms with Gasteiger partial charge in [0.15, 0.2) is 0 Å². The van der Waals surface area contributed by atoms with E-state index in [0.29, 0.717) is 0 Å². The fourth-order valence-corrected chi connectivity index (χ4v) is 4.10. The number of hydrogen-bond donors (Lipinski definition) is 0. The van der Waals surface area contributed by atoms with Gasteiger partial charge in [-0.3, -0.25) is 0 Å². The van der Waals surface area contributed by atoms with Gasteiger partial charge in [-0.2, -0.15) is 5.10 Å². The second-order valence-electron chi connectivity index (χ2n) is 7.32. The lowest BCUT2D eigenvalue weighted by Crippen LogP contribution is -2.36. The average molecular weight is 375 g/mol. The van der Waals surface area contributed by atoms with Crippen molar-refractivity contribution in [1.29, 1.82) is 0 Å². The molecule has 6 heteroatoms. The molecule has 0 spiro atoms. The Bertz CT molecular complexity index is 924. The lowest BCUT2D eigenvalue weighted by atomic mass is 10.2. The Morgan fingerprint density at radius 3 is 2.32 bits per heavy atom. The van der Waals surface area contributed by atoms with Crippen molar-refractivity contribution in [2.45, 2.75) is 12.8 Å². The van der Waals surface area contributed by atoms with E-state index in [1.54, 1.807) is 0 Å². The fourth-order valence-electron chi connectivity index (χ4n) is 4.10. The van der Waals surface area contributed by atoms with Gasteiger partial charge in [-0.05, 0) is 43.2 Å². The van der Waals surface area contributed by atoms with Gasteiger partial charge in [0.25, 0.3) is 0 Å². The van der Waals surface area contributed by atoms with E-state index in [4.69, 9.17) is 9.72 Å². The number of pyridine rings is 1. The van der Waals surface area contributed by atoms with Gasteiger partial charge >= 0.3 is 0 Å². The molecule has 6 nitrogen and oxygen atoms in total. The van der Waals surface area contributed by atoms with Gasteiger partial charge in [0.05, 0.1) is 36.5 Å². The summed E-state index contributed by atoms with van der Waals surface area (Å²) < 4.78 is 7.55. The number of nitrogens with zero attached hydrogens (tertiary/aromatic N) is 5. The number of rotatable bonds is 4. The van der Waals surface area contributed by atoms with Crippen molar-refractivity contribution in [2.75, 3.05) is 49.2 Å². The van der Waals surface area contributed by atoms with E-state index in [1.807, 2.05) is 17.1 Å². The minimum atomic E-state index is 0.766. The van der Waals surface area contributed by atoms with Gasteiger partial charge in [-0.15, -0.1) is 0 Å². The van der Waals surface area contributed by atoms with E-state index in [0.717, 1.165) is 62.2 Å². The molecule has 1 aromatic carbocycles. The first-order valence-corrected chi connectivity index (χ1v) is 10.1. The number of benzene rings is 1. The van der Waals surface area contributed by atoms with Gasteiger partial charge < -0.3 is 14.5 Å². The standard InChI is InChI=1S/C22H25N5O/c1-2-6-21(20(5-1)25-13-15-28-16-14-25)27-19(9-10-24-27)18-7-8-22(23-17-18)26-11-3-4-12-26/h1-2,5-10,17H,3-4,11-16H2. The first-order valence-electron chi connectivity index (χ1n) is 10.1. The Morgan fingerprint density at radius 2 is 1.57 bits per heavy atom. The molecule has 0 unspecified atom stereocenters. The summed E-state index contributed by atoms with van der Waals surface area (Å²) in [6.07, 6.45) is 6.35. The zero-order valence-electron chi connectivity index (χ0n) is 16.0. The van der Waals surface area contributed by atoms with Crippen molar-refractivity contribution >= 4 is 11.5 Å². The highest BCUT2D eigenvalue weighted by molar-refractivity contribution is 5.69. The molecule has 3 aromatic rings. The molecule has 0 saturated carbocycles. The van der Waals surface area contributed by atoms with Gasteiger partial charge in [0.2, 0.25) is 0 Å². The molecule has 2 saturated heterocycles. The summed E-state index contributed by atoms with van der Waals surface area (Å²) in [5.41, 5.74) is 4.42. The minimum absolute atomic E-state index is 0.766. The molecule has 2 fully saturated rings. The average Bonchev–Trinajstić information content (AvgIpc) is 3.47. The van der Waals surface area contributed by atoms with E-state index in [1.165, 1.54) is 18.5 Å². The zero-order chi connectivity index (χ0) is 18.8. The lowest BCUT2D eigenvalue weighted by Gasteiger charge is -2.30. The molecule has 2 aliphatic heterocycles. The number of morpholine rings is 1. The Morgan fingerprint density at radius 1 is 0.786 bits per heavy atom. The van der Waals surface area contributed by atoms with Crippen molar-refractivity contribution < 1.29 is 4.74 Å². The van der Waals surface area contributed by atoms with Crippen molar-refractivity contribution in [3.05, 3.63) is 54.9 Å². The quantitative estimate of drug-likeness (QED) is 0.700. The Kier molecular flexibility index (Phi) is 4.71. The summed E-state index contributed by atoms with van der Waals surface area (Å²) in [6.45, 7) is 5.55. The Hall–Kier alpha value is -2.86. The Balaban J connectivity index is 1.48. The smallest absolute Gasteiger partial charge is 0.128 e. The third-order valence-corrected chi connectivity index (χ3v) is 5.58. The lowest BCUT2D eigenvalue weighted by molar-refractivity contribution is 0.122. The molecule has 0 N–H and O–H groups in total. The molecule has 28 heavy (non-hydrogen) atoms. The van der Waals surface area contributed by atoms with Crippen molar-refractivity contribution in [3.63, 3.8) is 0 Å². The van der Waals surface area contributed by atoms with E-state index in [-0.39, 0.29) is 0 Å². The maximum absolute atomic E-state index is 5.52. The normalized spacial score (nSPS) is 17.3. The van der Waals surface area contributed by atoms with Crippen LogP contribution in [-0.2, 0) is 4.74 Å². The predicted molar refractivity (Wildman–Crippen MR) is 111 cm³/mol. The van der Waals surface area contributed by atoms with Gasteiger partial charge in [-0.1, -0.05) is 12.1 Å². The number of anilines is 2. The number of ether oxygens (including phenoxy) is 1. The summed E-state index contributed by atoms with van der Waals surface area (Å²) >= 11 is 0. The molecule has 144 valence electrons. The zero-order valence-corrected chi connectivity index (χ0v) is 16.0. The molecule has 2 aromatic heterocycles. The molecule has 5 rings (SSSR count). The number of para-hydroxylation sites is 2. The highest BCUT2D eigenvalue weighted by Crippen LogP contribution is 2.30. The molecule has 0 radical (unpaired) electrons. The summed E-state index contributed by atoms with van der Waals surface area (Å²) in [5.74, 6) is 1.07. The van der Waals surface area contributed by atoms with Crippen LogP contribution in [0.1, 0.15) is 12.8 Å². The summed E-state index contributed by atoms with van der Waals surface area (Å²) in [6, 6.07) is 14.8. The van der Waals surface area contributed by atoms with Crippen molar-refractivity contribution in [3.8, 4) is 16.9 Å². The van der Waals surface area contributed by atoms with Crippen LogP contribution in [0.5, 0.6) is 0 Å². The van der Waals surface area contributed by atoms with E-state index in [2.05, 4.69) is 57.4 Å². The molecule has 0 bridgehead atoms. The molecule has 0 amide bonds. The van der Waals surface area contributed by atoms with Crippen molar-refractivity contribution in [1.82, 2.24) is 14.8 Å². The van der Waals surface area contributed by atoms with E-state index in [9.17, 15) is 0 Å². The van der Waals surface area contributed by atoms with Crippen LogP contribution in [0.15, 0.2) is 54.9 Å². The minimum Gasteiger partial charge on any atom is -0.378 e.